The normalized spacial score (nSPS) is 17.3. The lowest BCUT2D eigenvalue weighted by Gasteiger charge is -2.14. The first-order valence-electron chi connectivity index (χ1n) is 6.86. The average molecular weight is 296 g/mol. The van der Waals surface area contributed by atoms with Crippen LogP contribution in [0.1, 0.15) is 12.1 Å². The number of aromatic nitrogens is 2. The van der Waals surface area contributed by atoms with Gasteiger partial charge in [-0.1, -0.05) is 6.08 Å². The van der Waals surface area contributed by atoms with Gasteiger partial charge in [-0.2, -0.15) is 0 Å². The van der Waals surface area contributed by atoms with Crippen LogP contribution in [-0.2, 0) is 4.74 Å². The zero-order valence-electron chi connectivity index (χ0n) is 12.1. The van der Waals surface area contributed by atoms with Crippen LogP contribution in [0.15, 0.2) is 41.5 Å². The number of benzene rings is 1. The second kappa shape index (κ2) is 5.95. The standard InChI is InChI=1S/C16H16N4O2/c1-22-14-7-4-11(8-18-14)13-9-19-16(17)15(20-13)10-2-5-12(21)6-3-10/h2-6,8-9,14,21H,7H2,1H3,(H2,17,19). The molecular formula is C16H16N4O2. The lowest BCUT2D eigenvalue weighted by atomic mass is 10.1. The van der Waals surface area contributed by atoms with Gasteiger partial charge in [0.25, 0.3) is 0 Å². The van der Waals surface area contributed by atoms with Crippen LogP contribution < -0.4 is 5.73 Å². The molecule has 6 heteroatoms. The molecule has 1 aromatic carbocycles. The molecule has 3 N–H and O–H groups in total. The smallest absolute Gasteiger partial charge is 0.151 e. The highest BCUT2D eigenvalue weighted by atomic mass is 16.5. The first-order chi connectivity index (χ1) is 10.7. The van der Waals surface area contributed by atoms with Crippen LogP contribution in [-0.4, -0.2) is 34.6 Å². The number of hydrogen-bond donors (Lipinski definition) is 2. The molecule has 0 saturated heterocycles. The van der Waals surface area contributed by atoms with Gasteiger partial charge in [-0.15, -0.1) is 0 Å². The fourth-order valence-electron chi connectivity index (χ4n) is 2.20. The zero-order chi connectivity index (χ0) is 15.5. The summed E-state index contributed by atoms with van der Waals surface area (Å²) in [5, 5.41) is 9.37. The first-order valence-corrected chi connectivity index (χ1v) is 6.86. The molecule has 1 atom stereocenters. The Kier molecular flexibility index (Phi) is 3.84. The van der Waals surface area contributed by atoms with Gasteiger partial charge in [-0.25, -0.2) is 9.97 Å². The number of hydrogen-bond acceptors (Lipinski definition) is 6. The Morgan fingerprint density at radius 2 is 2.05 bits per heavy atom. The molecular weight excluding hydrogens is 280 g/mol. The van der Waals surface area contributed by atoms with E-state index >= 15 is 0 Å². The van der Waals surface area contributed by atoms with Gasteiger partial charge >= 0.3 is 0 Å². The van der Waals surface area contributed by atoms with Gasteiger partial charge in [-0.05, 0) is 24.3 Å². The van der Waals surface area contributed by atoms with Crippen molar-refractivity contribution >= 4 is 17.6 Å². The summed E-state index contributed by atoms with van der Waals surface area (Å²) in [4.78, 5) is 13.1. The third-order valence-corrected chi connectivity index (χ3v) is 3.43. The molecule has 3 rings (SSSR count). The zero-order valence-corrected chi connectivity index (χ0v) is 12.1. The Balaban J connectivity index is 1.95. The molecule has 1 aliphatic rings. The number of ether oxygens (including phenoxy) is 1. The Morgan fingerprint density at radius 1 is 1.27 bits per heavy atom. The molecule has 6 nitrogen and oxygen atoms in total. The maximum Gasteiger partial charge on any atom is 0.151 e. The fourth-order valence-corrected chi connectivity index (χ4v) is 2.20. The fraction of sp³-hybridized carbons (Fsp3) is 0.188. The van der Waals surface area contributed by atoms with E-state index in [1.807, 2.05) is 6.08 Å². The van der Waals surface area contributed by atoms with Gasteiger partial charge in [0, 0.05) is 30.9 Å². The van der Waals surface area contributed by atoms with Gasteiger partial charge in [0.1, 0.15) is 17.3 Å². The number of nitrogen functional groups attached to an aromatic ring is 1. The number of rotatable bonds is 3. The number of dihydropyridines is 1. The number of phenolic OH excluding ortho intramolecular Hbond substituents is 1. The molecule has 0 spiro atoms. The lowest BCUT2D eigenvalue weighted by molar-refractivity contribution is 0.113. The topological polar surface area (TPSA) is 93.6 Å². The predicted molar refractivity (Wildman–Crippen MR) is 85.4 cm³/mol. The van der Waals surface area contributed by atoms with Gasteiger partial charge in [0.15, 0.2) is 6.23 Å². The average Bonchev–Trinajstić information content (AvgIpc) is 2.56. The summed E-state index contributed by atoms with van der Waals surface area (Å²) in [7, 11) is 1.63. The molecule has 2 heterocycles. The van der Waals surface area contributed by atoms with E-state index in [1.165, 1.54) is 0 Å². The number of aromatic hydroxyl groups is 1. The van der Waals surface area contributed by atoms with Gasteiger partial charge < -0.3 is 15.6 Å². The molecule has 0 saturated carbocycles. The minimum absolute atomic E-state index is 0.137. The van der Waals surface area contributed by atoms with Crippen molar-refractivity contribution in [2.24, 2.45) is 4.99 Å². The number of allylic oxidation sites excluding steroid dienone is 1. The van der Waals surface area contributed by atoms with Crippen LogP contribution in [0.5, 0.6) is 5.75 Å². The third-order valence-electron chi connectivity index (χ3n) is 3.43. The summed E-state index contributed by atoms with van der Waals surface area (Å²) in [6.07, 6.45) is 5.94. The summed E-state index contributed by atoms with van der Waals surface area (Å²) in [5.41, 5.74) is 8.90. The van der Waals surface area contributed by atoms with Crippen LogP contribution in [0.25, 0.3) is 16.8 Å². The molecule has 0 fully saturated rings. The molecule has 2 aromatic rings. The van der Waals surface area contributed by atoms with E-state index in [2.05, 4.69) is 15.0 Å². The largest absolute Gasteiger partial charge is 0.508 e. The Morgan fingerprint density at radius 3 is 2.68 bits per heavy atom. The molecule has 0 radical (unpaired) electrons. The summed E-state index contributed by atoms with van der Waals surface area (Å²) in [6, 6.07) is 6.69. The van der Waals surface area contributed by atoms with Crippen molar-refractivity contribution in [2.75, 3.05) is 12.8 Å². The number of phenols is 1. The lowest BCUT2D eigenvalue weighted by Crippen LogP contribution is -2.11. The van der Waals surface area contributed by atoms with E-state index in [1.54, 1.807) is 43.8 Å². The highest BCUT2D eigenvalue weighted by Crippen LogP contribution is 2.26. The summed E-state index contributed by atoms with van der Waals surface area (Å²) < 4.78 is 5.18. The molecule has 22 heavy (non-hydrogen) atoms. The van der Waals surface area contributed by atoms with Crippen LogP contribution in [0.4, 0.5) is 5.82 Å². The third kappa shape index (κ3) is 2.82. The summed E-state index contributed by atoms with van der Waals surface area (Å²) in [5.74, 6) is 0.539. The molecule has 1 unspecified atom stereocenters. The van der Waals surface area contributed by atoms with Crippen LogP contribution in [0, 0.1) is 0 Å². The van der Waals surface area contributed by atoms with Crippen molar-refractivity contribution in [3.05, 3.63) is 42.2 Å². The molecule has 1 aromatic heterocycles. The van der Waals surface area contributed by atoms with E-state index in [-0.39, 0.29) is 12.0 Å². The Bertz CT molecular complexity index is 738. The maximum atomic E-state index is 9.37. The van der Waals surface area contributed by atoms with Gasteiger partial charge in [0.05, 0.1) is 11.9 Å². The predicted octanol–water partition coefficient (Wildman–Crippen LogP) is 2.26. The summed E-state index contributed by atoms with van der Waals surface area (Å²) in [6.45, 7) is 0. The van der Waals surface area contributed by atoms with E-state index in [0.717, 1.165) is 11.1 Å². The minimum Gasteiger partial charge on any atom is -0.508 e. The van der Waals surface area contributed by atoms with E-state index in [0.29, 0.717) is 23.6 Å². The SMILES string of the molecule is COC1CC=C(c2cnc(N)c(-c3ccc(O)cc3)n2)C=N1. The van der Waals surface area contributed by atoms with Crippen molar-refractivity contribution in [2.45, 2.75) is 12.6 Å². The van der Waals surface area contributed by atoms with Crippen LogP contribution >= 0.6 is 0 Å². The number of nitrogens with zero attached hydrogens (tertiary/aromatic N) is 3. The van der Waals surface area contributed by atoms with E-state index in [4.69, 9.17) is 10.5 Å². The van der Waals surface area contributed by atoms with Crippen LogP contribution in [0.2, 0.25) is 0 Å². The van der Waals surface area contributed by atoms with E-state index in [9.17, 15) is 5.11 Å². The van der Waals surface area contributed by atoms with Crippen molar-refractivity contribution < 1.29 is 9.84 Å². The maximum absolute atomic E-state index is 9.37. The molecule has 0 amide bonds. The minimum atomic E-state index is -0.137. The number of nitrogens with two attached hydrogens (primary N) is 1. The first kappa shape index (κ1) is 14.2. The molecule has 0 aliphatic carbocycles. The highest BCUT2D eigenvalue weighted by molar-refractivity contribution is 6.09. The molecule has 1 aliphatic heterocycles. The second-order valence-electron chi connectivity index (χ2n) is 4.90. The quantitative estimate of drug-likeness (QED) is 0.906. The van der Waals surface area contributed by atoms with Gasteiger partial charge in [0.2, 0.25) is 0 Å². The number of aliphatic imine (C=N–C) groups is 1. The van der Waals surface area contributed by atoms with Crippen LogP contribution in [0.3, 0.4) is 0 Å². The van der Waals surface area contributed by atoms with Crippen molar-refractivity contribution in [3.8, 4) is 17.0 Å². The molecule has 0 bridgehead atoms. The van der Waals surface area contributed by atoms with Gasteiger partial charge in [-0.3, -0.25) is 4.99 Å². The van der Waals surface area contributed by atoms with Crippen molar-refractivity contribution in [3.63, 3.8) is 0 Å². The van der Waals surface area contributed by atoms with Crippen molar-refractivity contribution in [1.82, 2.24) is 9.97 Å². The second-order valence-corrected chi connectivity index (χ2v) is 4.90. The van der Waals surface area contributed by atoms with E-state index < -0.39 is 0 Å². The highest BCUT2D eigenvalue weighted by Gasteiger charge is 2.13. The summed E-state index contributed by atoms with van der Waals surface area (Å²) >= 11 is 0. The Hall–Kier alpha value is -2.73. The Labute approximate surface area is 128 Å². The van der Waals surface area contributed by atoms with Crippen molar-refractivity contribution in [1.29, 1.82) is 0 Å². The number of anilines is 1. The monoisotopic (exact) mass is 296 g/mol. The number of methoxy groups -OCH3 is 1. The molecule has 112 valence electrons.